The lowest BCUT2D eigenvalue weighted by Crippen LogP contribution is -2.08. The molecule has 0 radical (unpaired) electrons. The molecule has 1 aromatic carbocycles. The Kier molecular flexibility index (Phi) is 3.55. The molecule has 1 rings (SSSR count). The smallest absolute Gasteiger partial charge is 0.165 e. The molecule has 1 aromatic rings. The fourth-order valence-corrected chi connectivity index (χ4v) is 1.24. The first kappa shape index (κ1) is 10.3. The molecule has 0 spiro atoms. The van der Waals surface area contributed by atoms with E-state index < -0.39 is 0 Å². The first-order valence-electron chi connectivity index (χ1n) is 4.15. The monoisotopic (exact) mass is 202 g/mol. The van der Waals surface area contributed by atoms with Gasteiger partial charge in [-0.05, 0) is 19.9 Å². The van der Waals surface area contributed by atoms with E-state index >= 15 is 0 Å². The number of ether oxygens (including phenoxy) is 1. The van der Waals surface area contributed by atoms with E-state index in [-0.39, 0.29) is 23.6 Å². The SMILES string of the molecule is CC(C)Oc1c(F)cccc1CCl. The Morgan fingerprint density at radius 3 is 2.69 bits per heavy atom. The molecular weight excluding hydrogens is 191 g/mol. The lowest BCUT2D eigenvalue weighted by molar-refractivity contribution is 0.229. The van der Waals surface area contributed by atoms with Gasteiger partial charge in [0.15, 0.2) is 11.6 Å². The summed E-state index contributed by atoms with van der Waals surface area (Å²) in [5.74, 6) is 0.180. The van der Waals surface area contributed by atoms with Gasteiger partial charge < -0.3 is 4.74 Å². The Morgan fingerprint density at radius 1 is 1.46 bits per heavy atom. The molecule has 0 aliphatic carbocycles. The highest BCUT2D eigenvalue weighted by Gasteiger charge is 2.09. The number of alkyl halides is 1. The van der Waals surface area contributed by atoms with Crippen LogP contribution in [0.5, 0.6) is 5.75 Å². The number of hydrogen-bond donors (Lipinski definition) is 0. The zero-order chi connectivity index (χ0) is 9.84. The van der Waals surface area contributed by atoms with Crippen molar-refractivity contribution >= 4 is 11.6 Å². The number of benzene rings is 1. The molecule has 0 bridgehead atoms. The Morgan fingerprint density at radius 2 is 2.15 bits per heavy atom. The Bertz CT molecular complexity index is 286. The molecule has 0 atom stereocenters. The third-order valence-corrected chi connectivity index (χ3v) is 1.83. The molecule has 1 nitrogen and oxygen atoms in total. The van der Waals surface area contributed by atoms with Crippen LogP contribution in [0.3, 0.4) is 0 Å². The second-order valence-electron chi connectivity index (χ2n) is 3.03. The molecule has 0 fully saturated rings. The second kappa shape index (κ2) is 4.47. The second-order valence-corrected chi connectivity index (χ2v) is 3.30. The van der Waals surface area contributed by atoms with Crippen LogP contribution in [0.2, 0.25) is 0 Å². The highest BCUT2D eigenvalue weighted by atomic mass is 35.5. The van der Waals surface area contributed by atoms with Gasteiger partial charge in [-0.15, -0.1) is 11.6 Å². The van der Waals surface area contributed by atoms with Gasteiger partial charge in [0.1, 0.15) is 0 Å². The Labute approximate surface area is 82.5 Å². The van der Waals surface area contributed by atoms with E-state index in [0.717, 1.165) is 0 Å². The van der Waals surface area contributed by atoms with Gasteiger partial charge in [-0.1, -0.05) is 12.1 Å². The largest absolute Gasteiger partial charge is 0.488 e. The molecule has 13 heavy (non-hydrogen) atoms. The molecule has 0 aromatic heterocycles. The number of para-hydroxylation sites is 1. The number of halogens is 2. The minimum atomic E-state index is -0.355. The molecular formula is C10H12ClFO. The summed E-state index contributed by atoms with van der Waals surface area (Å²) in [6, 6.07) is 4.75. The zero-order valence-electron chi connectivity index (χ0n) is 7.68. The van der Waals surface area contributed by atoms with Gasteiger partial charge in [0.05, 0.1) is 12.0 Å². The van der Waals surface area contributed by atoms with Crippen LogP contribution in [-0.4, -0.2) is 6.10 Å². The van der Waals surface area contributed by atoms with Crippen molar-refractivity contribution in [3.8, 4) is 5.75 Å². The topological polar surface area (TPSA) is 9.23 Å². The first-order valence-corrected chi connectivity index (χ1v) is 4.68. The molecule has 0 aliphatic rings. The average molecular weight is 203 g/mol. The summed E-state index contributed by atoms with van der Waals surface area (Å²) in [5, 5.41) is 0. The van der Waals surface area contributed by atoms with Gasteiger partial charge >= 0.3 is 0 Å². The van der Waals surface area contributed by atoms with Crippen LogP contribution in [-0.2, 0) is 5.88 Å². The number of rotatable bonds is 3. The third-order valence-electron chi connectivity index (χ3n) is 1.55. The third kappa shape index (κ3) is 2.59. The van der Waals surface area contributed by atoms with Crippen molar-refractivity contribution in [2.45, 2.75) is 25.8 Å². The zero-order valence-corrected chi connectivity index (χ0v) is 8.44. The van der Waals surface area contributed by atoms with Crippen molar-refractivity contribution in [1.82, 2.24) is 0 Å². The minimum Gasteiger partial charge on any atom is -0.488 e. The van der Waals surface area contributed by atoms with Gasteiger partial charge in [-0.25, -0.2) is 4.39 Å². The maximum absolute atomic E-state index is 13.2. The van der Waals surface area contributed by atoms with Crippen molar-refractivity contribution in [3.63, 3.8) is 0 Å². The van der Waals surface area contributed by atoms with Gasteiger partial charge in [0.25, 0.3) is 0 Å². The average Bonchev–Trinajstić information content (AvgIpc) is 2.08. The van der Waals surface area contributed by atoms with Gasteiger partial charge in [-0.2, -0.15) is 0 Å². The molecule has 3 heteroatoms. The van der Waals surface area contributed by atoms with Crippen LogP contribution in [0.15, 0.2) is 18.2 Å². The van der Waals surface area contributed by atoms with Crippen molar-refractivity contribution in [2.75, 3.05) is 0 Å². The van der Waals surface area contributed by atoms with E-state index in [2.05, 4.69) is 0 Å². The lowest BCUT2D eigenvalue weighted by Gasteiger charge is -2.13. The quantitative estimate of drug-likeness (QED) is 0.683. The maximum atomic E-state index is 13.2. The summed E-state index contributed by atoms with van der Waals surface area (Å²) >= 11 is 5.64. The van der Waals surface area contributed by atoms with E-state index in [1.54, 1.807) is 12.1 Å². The van der Waals surface area contributed by atoms with E-state index in [0.29, 0.717) is 5.56 Å². The molecule has 0 unspecified atom stereocenters. The normalized spacial score (nSPS) is 10.5. The molecule has 72 valence electrons. The standard InChI is InChI=1S/C10H12ClFO/c1-7(2)13-10-8(6-11)4-3-5-9(10)12/h3-5,7H,6H2,1-2H3. The fraction of sp³-hybridized carbons (Fsp3) is 0.400. The van der Waals surface area contributed by atoms with E-state index in [1.807, 2.05) is 13.8 Å². The summed E-state index contributed by atoms with van der Waals surface area (Å²) < 4.78 is 18.5. The minimum absolute atomic E-state index is 0.0427. The molecule has 0 N–H and O–H groups in total. The van der Waals surface area contributed by atoms with Crippen LogP contribution in [0.25, 0.3) is 0 Å². The Hall–Kier alpha value is -0.760. The van der Waals surface area contributed by atoms with Crippen molar-refractivity contribution < 1.29 is 9.13 Å². The maximum Gasteiger partial charge on any atom is 0.165 e. The van der Waals surface area contributed by atoms with Crippen LogP contribution >= 0.6 is 11.6 Å². The number of hydrogen-bond acceptors (Lipinski definition) is 1. The molecule has 0 saturated carbocycles. The summed E-state index contributed by atoms with van der Waals surface area (Å²) in [6.07, 6.45) is -0.0427. The molecule has 0 aliphatic heterocycles. The first-order chi connectivity index (χ1) is 6.15. The molecule has 0 saturated heterocycles. The summed E-state index contributed by atoms with van der Waals surface area (Å²) in [4.78, 5) is 0. The van der Waals surface area contributed by atoms with Crippen LogP contribution in [0.1, 0.15) is 19.4 Å². The van der Waals surface area contributed by atoms with Gasteiger partial charge in [0, 0.05) is 5.56 Å². The van der Waals surface area contributed by atoms with Crippen molar-refractivity contribution in [1.29, 1.82) is 0 Å². The predicted molar refractivity (Wildman–Crippen MR) is 51.7 cm³/mol. The summed E-state index contributed by atoms with van der Waals surface area (Å²) in [5.41, 5.74) is 0.690. The predicted octanol–water partition coefficient (Wildman–Crippen LogP) is 3.35. The highest BCUT2D eigenvalue weighted by molar-refractivity contribution is 6.17. The summed E-state index contributed by atoms with van der Waals surface area (Å²) in [7, 11) is 0. The lowest BCUT2D eigenvalue weighted by atomic mass is 10.2. The highest BCUT2D eigenvalue weighted by Crippen LogP contribution is 2.25. The molecule has 0 heterocycles. The molecule has 0 amide bonds. The summed E-state index contributed by atoms with van der Waals surface area (Å²) in [6.45, 7) is 3.70. The van der Waals surface area contributed by atoms with E-state index in [1.165, 1.54) is 6.07 Å². The van der Waals surface area contributed by atoms with Gasteiger partial charge in [0.2, 0.25) is 0 Å². The van der Waals surface area contributed by atoms with Crippen LogP contribution in [0.4, 0.5) is 4.39 Å². The van der Waals surface area contributed by atoms with Crippen LogP contribution < -0.4 is 4.74 Å². The van der Waals surface area contributed by atoms with E-state index in [4.69, 9.17) is 16.3 Å². The Balaban J connectivity index is 3.00. The van der Waals surface area contributed by atoms with E-state index in [9.17, 15) is 4.39 Å². The fourth-order valence-electron chi connectivity index (χ4n) is 1.03. The van der Waals surface area contributed by atoms with Crippen LogP contribution in [0, 0.1) is 5.82 Å². The van der Waals surface area contributed by atoms with Crippen molar-refractivity contribution in [2.24, 2.45) is 0 Å². The van der Waals surface area contributed by atoms with Crippen molar-refractivity contribution in [3.05, 3.63) is 29.6 Å². The van der Waals surface area contributed by atoms with Gasteiger partial charge in [-0.3, -0.25) is 0 Å².